The van der Waals surface area contributed by atoms with Crippen molar-refractivity contribution in [2.24, 2.45) is 5.92 Å². The van der Waals surface area contributed by atoms with Gasteiger partial charge in [-0.25, -0.2) is 4.79 Å². The van der Waals surface area contributed by atoms with Crippen LogP contribution in [0.5, 0.6) is 5.75 Å². The van der Waals surface area contributed by atoms with Gasteiger partial charge in [-0.05, 0) is 12.0 Å². The lowest BCUT2D eigenvalue weighted by Gasteiger charge is -2.13. The number of rotatable bonds is 7. The maximum Gasteiger partial charge on any atom is 0.339 e. The molecule has 0 spiro atoms. The predicted octanol–water partition coefficient (Wildman–Crippen LogP) is 2.66. The molecular weight excluding hydrogens is 298 g/mol. The number of amides is 1. The second-order valence-corrected chi connectivity index (χ2v) is 5.06. The number of anilines is 1. The highest BCUT2D eigenvalue weighted by Crippen LogP contribution is 2.31. The zero-order valence-corrected chi connectivity index (χ0v) is 12.9. The Hall–Kier alpha value is -1.79. The molecule has 0 bridgehead atoms. The van der Waals surface area contributed by atoms with Gasteiger partial charge in [-0.3, -0.25) is 4.79 Å². The van der Waals surface area contributed by atoms with E-state index in [1.807, 2.05) is 6.92 Å². The Morgan fingerprint density at radius 3 is 2.57 bits per heavy atom. The van der Waals surface area contributed by atoms with Crippen LogP contribution >= 0.6 is 11.6 Å². The number of benzene rings is 1. The predicted molar refractivity (Wildman–Crippen MR) is 79.3 cm³/mol. The van der Waals surface area contributed by atoms with Crippen LogP contribution in [0.3, 0.4) is 0 Å². The molecule has 1 rings (SSSR count). The summed E-state index contributed by atoms with van der Waals surface area (Å²) >= 11 is 5.99. The van der Waals surface area contributed by atoms with Crippen LogP contribution in [-0.2, 0) is 9.53 Å². The maximum atomic E-state index is 11.9. The van der Waals surface area contributed by atoms with Gasteiger partial charge in [0, 0.05) is 26.2 Å². The van der Waals surface area contributed by atoms with Crippen molar-refractivity contribution >= 4 is 29.2 Å². The summed E-state index contributed by atoms with van der Waals surface area (Å²) in [5, 5.41) is 11.8. The molecule has 0 saturated heterocycles. The van der Waals surface area contributed by atoms with Gasteiger partial charge in [-0.15, -0.1) is 0 Å². The summed E-state index contributed by atoms with van der Waals surface area (Å²) in [5.74, 6) is -1.19. The first kappa shape index (κ1) is 17.3. The molecule has 0 heterocycles. The number of carboxylic acids is 1. The van der Waals surface area contributed by atoms with Gasteiger partial charge in [0.15, 0.2) is 0 Å². The van der Waals surface area contributed by atoms with Crippen LogP contribution in [0.4, 0.5) is 5.69 Å². The largest absolute Gasteiger partial charge is 0.496 e. The van der Waals surface area contributed by atoms with Crippen LogP contribution in [-0.4, -0.2) is 37.8 Å². The SMILES string of the molecule is COCC(C)CC(=O)Nc1cc(OC)c(C(=O)O)cc1Cl. The minimum Gasteiger partial charge on any atom is -0.496 e. The van der Waals surface area contributed by atoms with E-state index in [0.29, 0.717) is 12.3 Å². The van der Waals surface area contributed by atoms with Crippen molar-refractivity contribution in [1.29, 1.82) is 0 Å². The first-order valence-electron chi connectivity index (χ1n) is 6.28. The molecule has 1 unspecified atom stereocenters. The van der Waals surface area contributed by atoms with Gasteiger partial charge in [0.25, 0.3) is 0 Å². The van der Waals surface area contributed by atoms with E-state index in [0.717, 1.165) is 0 Å². The average Bonchev–Trinajstić information content (AvgIpc) is 2.40. The number of ether oxygens (including phenoxy) is 2. The lowest BCUT2D eigenvalue weighted by atomic mass is 10.1. The lowest BCUT2D eigenvalue weighted by molar-refractivity contribution is -0.117. The molecule has 0 saturated carbocycles. The van der Waals surface area contributed by atoms with Gasteiger partial charge in [0.2, 0.25) is 5.91 Å². The third kappa shape index (κ3) is 4.91. The Labute approximate surface area is 128 Å². The number of carboxylic acid groups (broad SMARTS) is 1. The van der Waals surface area contributed by atoms with Crippen molar-refractivity contribution in [2.75, 3.05) is 26.1 Å². The van der Waals surface area contributed by atoms with Crippen molar-refractivity contribution in [3.8, 4) is 5.75 Å². The third-order valence-corrected chi connectivity index (χ3v) is 3.09. The minimum atomic E-state index is -1.15. The Bertz CT molecular complexity index is 532. The van der Waals surface area contributed by atoms with Crippen molar-refractivity contribution in [2.45, 2.75) is 13.3 Å². The first-order chi connectivity index (χ1) is 9.88. The fraction of sp³-hybridized carbons (Fsp3) is 0.429. The van der Waals surface area contributed by atoms with Crippen molar-refractivity contribution in [3.05, 3.63) is 22.7 Å². The van der Waals surface area contributed by atoms with E-state index in [-0.39, 0.29) is 34.6 Å². The van der Waals surface area contributed by atoms with Crippen LogP contribution in [0.15, 0.2) is 12.1 Å². The van der Waals surface area contributed by atoms with E-state index in [2.05, 4.69) is 5.32 Å². The number of nitrogens with one attached hydrogen (secondary N) is 1. The van der Waals surface area contributed by atoms with E-state index in [9.17, 15) is 9.59 Å². The zero-order valence-electron chi connectivity index (χ0n) is 12.1. The molecular formula is C14H18ClNO5. The van der Waals surface area contributed by atoms with E-state index in [1.54, 1.807) is 7.11 Å². The quantitative estimate of drug-likeness (QED) is 0.808. The Balaban J connectivity index is 2.89. The topological polar surface area (TPSA) is 84.9 Å². The van der Waals surface area contributed by atoms with Crippen molar-refractivity contribution < 1.29 is 24.2 Å². The van der Waals surface area contributed by atoms with Gasteiger partial charge in [0.1, 0.15) is 11.3 Å². The van der Waals surface area contributed by atoms with E-state index in [4.69, 9.17) is 26.2 Å². The molecule has 116 valence electrons. The molecule has 6 nitrogen and oxygen atoms in total. The van der Waals surface area contributed by atoms with E-state index < -0.39 is 5.97 Å². The van der Waals surface area contributed by atoms with Crippen molar-refractivity contribution in [1.82, 2.24) is 0 Å². The Morgan fingerprint density at radius 1 is 1.38 bits per heavy atom. The highest BCUT2D eigenvalue weighted by Gasteiger charge is 2.17. The summed E-state index contributed by atoms with van der Waals surface area (Å²) in [7, 11) is 2.92. The Kier molecular flexibility index (Phi) is 6.45. The van der Waals surface area contributed by atoms with E-state index in [1.165, 1.54) is 19.2 Å². The normalized spacial score (nSPS) is 11.8. The second kappa shape index (κ2) is 7.85. The minimum absolute atomic E-state index is 0.0618. The van der Waals surface area contributed by atoms with Gasteiger partial charge in [0.05, 0.1) is 17.8 Å². The molecule has 7 heteroatoms. The zero-order chi connectivity index (χ0) is 16.0. The molecule has 1 amide bonds. The number of aromatic carboxylic acids is 1. The molecule has 0 aliphatic heterocycles. The van der Waals surface area contributed by atoms with Crippen LogP contribution < -0.4 is 10.1 Å². The number of carbonyl (C=O) groups excluding carboxylic acids is 1. The summed E-state index contributed by atoms with van der Waals surface area (Å²) in [6, 6.07) is 2.64. The summed E-state index contributed by atoms with van der Waals surface area (Å²) in [6.45, 7) is 2.36. The lowest BCUT2D eigenvalue weighted by Crippen LogP contribution is -2.18. The molecule has 2 N–H and O–H groups in total. The smallest absolute Gasteiger partial charge is 0.339 e. The highest BCUT2D eigenvalue weighted by molar-refractivity contribution is 6.34. The fourth-order valence-corrected chi connectivity index (χ4v) is 2.06. The molecule has 1 aromatic carbocycles. The summed E-state index contributed by atoms with van der Waals surface area (Å²) in [5.41, 5.74) is 0.251. The molecule has 0 fully saturated rings. The molecule has 21 heavy (non-hydrogen) atoms. The van der Waals surface area contributed by atoms with Gasteiger partial charge in [-0.1, -0.05) is 18.5 Å². The van der Waals surface area contributed by atoms with Gasteiger partial charge >= 0.3 is 5.97 Å². The molecule has 0 radical (unpaired) electrons. The molecule has 1 aromatic rings. The van der Waals surface area contributed by atoms with Crippen LogP contribution in [0.1, 0.15) is 23.7 Å². The van der Waals surface area contributed by atoms with E-state index >= 15 is 0 Å². The average molecular weight is 316 g/mol. The van der Waals surface area contributed by atoms with Crippen LogP contribution in [0.25, 0.3) is 0 Å². The van der Waals surface area contributed by atoms with Crippen LogP contribution in [0.2, 0.25) is 5.02 Å². The molecule has 0 aliphatic rings. The molecule has 0 aromatic heterocycles. The molecule has 1 atom stereocenters. The summed E-state index contributed by atoms with van der Waals surface area (Å²) < 4.78 is 9.96. The number of hydrogen-bond acceptors (Lipinski definition) is 4. The van der Waals surface area contributed by atoms with Gasteiger partial charge < -0.3 is 19.9 Å². The van der Waals surface area contributed by atoms with Crippen LogP contribution in [0, 0.1) is 5.92 Å². The Morgan fingerprint density at radius 2 is 2.05 bits per heavy atom. The standard InChI is InChI=1S/C14H18ClNO5/c1-8(7-20-2)4-13(17)16-11-6-12(21-3)9(14(18)19)5-10(11)15/h5-6,8H,4,7H2,1-3H3,(H,16,17)(H,18,19). The first-order valence-corrected chi connectivity index (χ1v) is 6.66. The molecule has 0 aliphatic carbocycles. The monoisotopic (exact) mass is 315 g/mol. The van der Waals surface area contributed by atoms with Crippen molar-refractivity contribution in [3.63, 3.8) is 0 Å². The fourth-order valence-electron chi connectivity index (χ4n) is 1.85. The highest BCUT2D eigenvalue weighted by atomic mass is 35.5. The second-order valence-electron chi connectivity index (χ2n) is 4.65. The summed E-state index contributed by atoms with van der Waals surface area (Å²) in [4.78, 5) is 22.9. The number of halogens is 1. The maximum absolute atomic E-state index is 11.9. The number of methoxy groups -OCH3 is 2. The third-order valence-electron chi connectivity index (χ3n) is 2.78. The number of hydrogen-bond donors (Lipinski definition) is 2. The summed E-state index contributed by atoms with van der Waals surface area (Å²) in [6.07, 6.45) is 0.271. The number of carbonyl (C=O) groups is 2. The van der Waals surface area contributed by atoms with Gasteiger partial charge in [-0.2, -0.15) is 0 Å².